The molecule has 0 atom stereocenters. The number of carbonyl (C=O) groups excluding carboxylic acids is 3. The van der Waals surface area contributed by atoms with Gasteiger partial charge in [-0.15, -0.1) is 0 Å². The summed E-state index contributed by atoms with van der Waals surface area (Å²) in [5.41, 5.74) is 1.44. The lowest BCUT2D eigenvalue weighted by Gasteiger charge is -2.31. The number of carbonyl (C=O) groups is 3. The summed E-state index contributed by atoms with van der Waals surface area (Å²) < 4.78 is 0. The van der Waals surface area contributed by atoms with Gasteiger partial charge in [0.1, 0.15) is 0 Å². The molecule has 0 saturated heterocycles. The Bertz CT molecular complexity index is 1010. The van der Waals surface area contributed by atoms with Gasteiger partial charge in [-0.25, -0.2) is 4.79 Å². The molecule has 0 radical (unpaired) electrons. The zero-order valence-electron chi connectivity index (χ0n) is 19.7. The van der Waals surface area contributed by atoms with Crippen LogP contribution >= 0.6 is 11.6 Å². The molecular weight excluding hydrogens is 426 g/mol. The van der Waals surface area contributed by atoms with Gasteiger partial charge < -0.3 is 15.5 Å². The Balaban J connectivity index is 2.22. The highest BCUT2D eigenvalue weighted by molar-refractivity contribution is 6.34. The van der Waals surface area contributed by atoms with Crippen molar-refractivity contribution in [3.63, 3.8) is 0 Å². The predicted octanol–water partition coefficient (Wildman–Crippen LogP) is 5.86. The first-order valence-electron chi connectivity index (χ1n) is 10.7. The van der Waals surface area contributed by atoms with Crippen molar-refractivity contribution in [2.45, 2.75) is 66.1 Å². The smallest absolute Gasteiger partial charge is 0.319 e. The normalized spacial score (nSPS) is 11.4. The first-order valence-corrected chi connectivity index (χ1v) is 11.0. The highest BCUT2D eigenvalue weighted by atomic mass is 35.5. The van der Waals surface area contributed by atoms with E-state index in [9.17, 15) is 14.4 Å². The molecule has 2 aromatic carbocycles. The summed E-state index contributed by atoms with van der Waals surface area (Å²) in [7, 11) is 0. The Hall–Kier alpha value is -2.86. The number of anilines is 1. The van der Waals surface area contributed by atoms with Crippen molar-refractivity contribution in [3.8, 4) is 0 Å². The van der Waals surface area contributed by atoms with E-state index in [0.717, 1.165) is 5.56 Å². The Kier molecular flexibility index (Phi) is 8.07. The minimum absolute atomic E-state index is 0.00467. The Morgan fingerprint density at radius 1 is 0.969 bits per heavy atom. The van der Waals surface area contributed by atoms with E-state index < -0.39 is 11.6 Å². The van der Waals surface area contributed by atoms with Crippen LogP contribution in [0.5, 0.6) is 0 Å². The maximum Gasteiger partial charge on any atom is 0.319 e. The molecule has 0 aliphatic heterocycles. The summed E-state index contributed by atoms with van der Waals surface area (Å²) in [6.07, 6.45) is 0. The fraction of sp³-hybridized carbons (Fsp3) is 0.400. The fourth-order valence-electron chi connectivity index (χ4n) is 3.62. The third-order valence-electron chi connectivity index (χ3n) is 5.22. The van der Waals surface area contributed by atoms with Gasteiger partial charge in [0.25, 0.3) is 5.91 Å². The number of Topliss-reactive ketones (excluding diaryl/α,β-unsaturated/α-hetero) is 1. The van der Waals surface area contributed by atoms with Crippen molar-refractivity contribution in [1.82, 2.24) is 10.2 Å². The summed E-state index contributed by atoms with van der Waals surface area (Å²) >= 11 is 6.30. The van der Waals surface area contributed by atoms with Crippen molar-refractivity contribution in [3.05, 3.63) is 64.2 Å². The van der Waals surface area contributed by atoms with Crippen LogP contribution < -0.4 is 10.6 Å². The van der Waals surface area contributed by atoms with Crippen LogP contribution in [0.4, 0.5) is 10.5 Å². The predicted molar refractivity (Wildman–Crippen MR) is 130 cm³/mol. The average Bonchev–Trinajstić information content (AvgIpc) is 2.68. The SMILES string of the molecule is CC(=O)c1cccc(C(C)(C)NC(=O)Nc2ccc(Cl)c(C(=O)N(C(C)C)C(C)C)c2)c1. The van der Waals surface area contributed by atoms with Crippen molar-refractivity contribution in [2.75, 3.05) is 5.32 Å². The van der Waals surface area contributed by atoms with Crippen LogP contribution in [0, 0.1) is 0 Å². The molecule has 0 aromatic heterocycles. The Morgan fingerprint density at radius 2 is 1.59 bits per heavy atom. The molecule has 0 unspecified atom stereocenters. The van der Waals surface area contributed by atoms with Gasteiger partial charge in [-0.2, -0.15) is 0 Å². The minimum Gasteiger partial charge on any atom is -0.334 e. The zero-order chi connectivity index (χ0) is 24.2. The van der Waals surface area contributed by atoms with Crippen molar-refractivity contribution < 1.29 is 14.4 Å². The van der Waals surface area contributed by atoms with Crippen LogP contribution in [-0.2, 0) is 5.54 Å². The van der Waals surface area contributed by atoms with Gasteiger partial charge in [0, 0.05) is 23.3 Å². The molecule has 3 amide bonds. The first-order chi connectivity index (χ1) is 14.8. The third kappa shape index (κ3) is 6.10. The molecule has 6 nitrogen and oxygen atoms in total. The molecule has 0 bridgehead atoms. The molecule has 0 saturated carbocycles. The number of halogens is 1. The molecule has 172 valence electrons. The Morgan fingerprint density at radius 3 is 2.16 bits per heavy atom. The van der Waals surface area contributed by atoms with E-state index >= 15 is 0 Å². The van der Waals surface area contributed by atoms with Crippen LogP contribution in [0.25, 0.3) is 0 Å². The summed E-state index contributed by atoms with van der Waals surface area (Å²) in [4.78, 5) is 39.2. The van der Waals surface area contributed by atoms with E-state index in [1.165, 1.54) is 6.92 Å². The quantitative estimate of drug-likeness (QED) is 0.511. The third-order valence-corrected chi connectivity index (χ3v) is 5.55. The van der Waals surface area contributed by atoms with Gasteiger partial charge >= 0.3 is 6.03 Å². The number of benzene rings is 2. The maximum absolute atomic E-state index is 13.1. The fourth-order valence-corrected chi connectivity index (χ4v) is 3.81. The number of rotatable bonds is 7. The molecule has 2 rings (SSSR count). The standard InChI is InChI=1S/C25H32ClN3O3/c1-15(2)29(16(3)4)23(31)21-14-20(11-12-22(21)26)27-24(32)28-25(6,7)19-10-8-9-18(13-19)17(5)30/h8-16H,1-7H3,(H2,27,28,32). The van der Waals surface area contributed by atoms with E-state index in [-0.39, 0.29) is 23.8 Å². The number of urea groups is 1. The second-order valence-electron chi connectivity index (χ2n) is 8.94. The molecular formula is C25H32ClN3O3. The highest BCUT2D eigenvalue weighted by Crippen LogP contribution is 2.25. The van der Waals surface area contributed by atoms with Gasteiger partial charge in [0.2, 0.25) is 0 Å². The number of nitrogens with zero attached hydrogens (tertiary/aromatic N) is 1. The van der Waals surface area contributed by atoms with E-state index in [0.29, 0.717) is 21.8 Å². The van der Waals surface area contributed by atoms with E-state index in [1.807, 2.05) is 47.6 Å². The number of amides is 3. The van der Waals surface area contributed by atoms with Crippen molar-refractivity contribution in [2.24, 2.45) is 0 Å². The van der Waals surface area contributed by atoms with Gasteiger partial charge in [0.15, 0.2) is 5.78 Å². The number of ketones is 1. The molecule has 0 aliphatic carbocycles. The van der Waals surface area contributed by atoms with Crippen LogP contribution in [0.2, 0.25) is 5.02 Å². The second kappa shape index (κ2) is 10.2. The van der Waals surface area contributed by atoms with Gasteiger partial charge in [-0.1, -0.05) is 29.8 Å². The molecule has 0 heterocycles. The molecule has 2 aromatic rings. The summed E-state index contributed by atoms with van der Waals surface area (Å²) in [5.74, 6) is -0.229. The Labute approximate surface area is 195 Å². The number of nitrogens with one attached hydrogen (secondary N) is 2. The minimum atomic E-state index is -0.729. The van der Waals surface area contributed by atoms with Crippen molar-refractivity contribution >= 4 is 35.0 Å². The average molecular weight is 458 g/mol. The van der Waals surface area contributed by atoms with E-state index in [2.05, 4.69) is 10.6 Å². The second-order valence-corrected chi connectivity index (χ2v) is 9.34. The van der Waals surface area contributed by atoms with Crippen molar-refractivity contribution in [1.29, 1.82) is 0 Å². The van der Waals surface area contributed by atoms with Gasteiger partial charge in [0.05, 0.1) is 16.1 Å². The zero-order valence-corrected chi connectivity index (χ0v) is 20.5. The molecule has 32 heavy (non-hydrogen) atoms. The first kappa shape index (κ1) is 25.4. The largest absolute Gasteiger partial charge is 0.334 e. The monoisotopic (exact) mass is 457 g/mol. The topological polar surface area (TPSA) is 78.5 Å². The number of hydrogen-bond donors (Lipinski definition) is 2. The number of hydrogen-bond acceptors (Lipinski definition) is 3. The van der Waals surface area contributed by atoms with E-state index in [1.54, 1.807) is 41.3 Å². The summed E-state index contributed by atoms with van der Waals surface area (Å²) in [6, 6.07) is 11.6. The molecule has 2 N–H and O–H groups in total. The summed E-state index contributed by atoms with van der Waals surface area (Å²) in [5, 5.41) is 6.03. The van der Waals surface area contributed by atoms with Gasteiger partial charge in [-0.3, -0.25) is 9.59 Å². The molecule has 0 spiro atoms. The lowest BCUT2D eigenvalue weighted by molar-refractivity contribution is 0.0643. The molecule has 0 aliphatic rings. The van der Waals surface area contributed by atoms with Crippen LogP contribution in [0.3, 0.4) is 0 Å². The molecule has 7 heteroatoms. The van der Waals surface area contributed by atoms with E-state index in [4.69, 9.17) is 11.6 Å². The summed E-state index contributed by atoms with van der Waals surface area (Å²) in [6.45, 7) is 13.0. The lowest BCUT2D eigenvalue weighted by Crippen LogP contribution is -2.43. The van der Waals surface area contributed by atoms with Crippen LogP contribution in [-0.4, -0.2) is 34.7 Å². The highest BCUT2D eigenvalue weighted by Gasteiger charge is 2.26. The lowest BCUT2D eigenvalue weighted by atomic mass is 9.92. The van der Waals surface area contributed by atoms with Crippen LogP contribution in [0.1, 0.15) is 74.7 Å². The molecule has 0 fully saturated rings. The maximum atomic E-state index is 13.1. The van der Waals surface area contributed by atoms with Crippen LogP contribution in [0.15, 0.2) is 42.5 Å². The van der Waals surface area contributed by atoms with Gasteiger partial charge in [-0.05, 0) is 78.3 Å².